The highest BCUT2D eigenvalue weighted by atomic mass is 16.7. The highest BCUT2D eigenvalue weighted by Crippen LogP contribution is 2.43. The Balaban J connectivity index is 1.17. The van der Waals surface area contributed by atoms with Gasteiger partial charge in [0.15, 0.2) is 28.8 Å². The zero-order valence-electron chi connectivity index (χ0n) is 22.8. The molecule has 1 fully saturated rings. The fourth-order valence-electron chi connectivity index (χ4n) is 5.82. The summed E-state index contributed by atoms with van der Waals surface area (Å²) in [5, 5.41) is 9.55. The van der Waals surface area contributed by atoms with Crippen LogP contribution in [0.1, 0.15) is 36.8 Å². The molecule has 6 rings (SSSR count). The van der Waals surface area contributed by atoms with Crippen molar-refractivity contribution in [3.05, 3.63) is 59.4 Å². The molecule has 0 radical (unpaired) electrons. The molecule has 0 unspecified atom stereocenters. The number of carbonyl (C=O) groups is 1. The van der Waals surface area contributed by atoms with Crippen LogP contribution in [0.15, 0.2) is 48.2 Å². The number of ether oxygens (including phenoxy) is 6. The van der Waals surface area contributed by atoms with E-state index in [0.717, 1.165) is 42.3 Å². The topological polar surface area (TPSA) is 99.2 Å². The van der Waals surface area contributed by atoms with E-state index in [-0.39, 0.29) is 37.9 Å². The predicted molar refractivity (Wildman–Crippen MR) is 144 cm³/mol. The van der Waals surface area contributed by atoms with Crippen molar-refractivity contribution in [2.24, 2.45) is 5.92 Å². The maximum atomic E-state index is 13.7. The van der Waals surface area contributed by atoms with E-state index in [1.165, 1.54) is 0 Å². The Kier molecular flexibility index (Phi) is 7.99. The lowest BCUT2D eigenvalue weighted by molar-refractivity contribution is -0.171. The van der Waals surface area contributed by atoms with Gasteiger partial charge in [-0.25, -0.2) is 0 Å². The molecule has 10 nitrogen and oxygen atoms in total. The molecule has 0 bridgehead atoms. The van der Waals surface area contributed by atoms with Crippen molar-refractivity contribution < 1.29 is 38.3 Å². The van der Waals surface area contributed by atoms with Gasteiger partial charge in [-0.2, -0.15) is 0 Å². The summed E-state index contributed by atoms with van der Waals surface area (Å²) in [7, 11) is 0. The SMILES string of the molecule is CCO[C@H]1OC(C(=O)N2CCN(Cc3ccc4c(c3)OCO4)CC2)=C[C@@H](c2ccc3c(c2)OCO3)[C@@H]1CCCO. The lowest BCUT2D eigenvalue weighted by Gasteiger charge is -2.39. The third-order valence-electron chi connectivity index (χ3n) is 7.91. The smallest absolute Gasteiger partial charge is 0.288 e. The first kappa shape index (κ1) is 26.7. The summed E-state index contributed by atoms with van der Waals surface area (Å²) in [6, 6.07) is 11.9. The van der Waals surface area contributed by atoms with Gasteiger partial charge in [-0.3, -0.25) is 9.69 Å². The number of fused-ring (bicyclic) bond motifs is 2. The normalized spacial score (nSPS) is 23.6. The molecule has 2 aromatic carbocycles. The summed E-state index contributed by atoms with van der Waals surface area (Å²) < 4.78 is 34.3. The van der Waals surface area contributed by atoms with Gasteiger partial charge in [0, 0.05) is 57.8 Å². The molecule has 3 atom stereocenters. The molecular weight excluding hydrogens is 516 g/mol. The first-order valence-electron chi connectivity index (χ1n) is 14.0. The third kappa shape index (κ3) is 5.56. The van der Waals surface area contributed by atoms with Crippen LogP contribution in [0.2, 0.25) is 0 Å². The van der Waals surface area contributed by atoms with Gasteiger partial charge in [0.1, 0.15) is 0 Å². The van der Waals surface area contributed by atoms with Crippen molar-refractivity contribution in [1.82, 2.24) is 9.80 Å². The van der Waals surface area contributed by atoms with E-state index in [4.69, 9.17) is 28.4 Å². The number of aliphatic hydroxyl groups is 1. The van der Waals surface area contributed by atoms with E-state index in [2.05, 4.69) is 11.0 Å². The minimum atomic E-state index is -0.594. The average Bonchev–Trinajstić information content (AvgIpc) is 3.65. The Hall–Kier alpha value is -3.47. The third-order valence-corrected chi connectivity index (χ3v) is 7.91. The Morgan fingerprint density at radius 3 is 2.38 bits per heavy atom. The Morgan fingerprint density at radius 1 is 0.950 bits per heavy atom. The van der Waals surface area contributed by atoms with Gasteiger partial charge in [-0.05, 0) is 61.2 Å². The van der Waals surface area contributed by atoms with Crippen LogP contribution < -0.4 is 18.9 Å². The summed E-state index contributed by atoms with van der Waals surface area (Å²) in [6.45, 7) is 6.41. The van der Waals surface area contributed by atoms with Crippen molar-refractivity contribution in [3.8, 4) is 23.0 Å². The number of hydrogen-bond acceptors (Lipinski definition) is 9. The summed E-state index contributed by atoms with van der Waals surface area (Å²) in [6.07, 6.45) is 2.64. The summed E-state index contributed by atoms with van der Waals surface area (Å²) in [4.78, 5) is 17.9. The Morgan fingerprint density at radius 2 is 1.65 bits per heavy atom. The Bertz CT molecular complexity index is 1240. The average molecular weight is 553 g/mol. The number of carbonyl (C=O) groups excluding carboxylic acids is 1. The number of amides is 1. The van der Waals surface area contributed by atoms with Crippen LogP contribution in [0, 0.1) is 5.92 Å². The molecule has 10 heteroatoms. The Labute approximate surface area is 234 Å². The summed E-state index contributed by atoms with van der Waals surface area (Å²) in [5.74, 6) is 2.94. The van der Waals surface area contributed by atoms with Crippen LogP contribution in [0.3, 0.4) is 0 Å². The van der Waals surface area contributed by atoms with Crippen molar-refractivity contribution in [1.29, 1.82) is 0 Å². The van der Waals surface area contributed by atoms with Crippen LogP contribution >= 0.6 is 0 Å². The first-order chi connectivity index (χ1) is 19.6. The molecule has 1 saturated heterocycles. The fraction of sp³-hybridized carbons (Fsp3) is 0.500. The van der Waals surface area contributed by atoms with E-state index in [1.54, 1.807) is 0 Å². The number of hydrogen-bond donors (Lipinski definition) is 1. The molecule has 0 aliphatic carbocycles. The zero-order chi connectivity index (χ0) is 27.5. The molecule has 4 aliphatic heterocycles. The van der Waals surface area contributed by atoms with Gasteiger partial charge in [-0.15, -0.1) is 0 Å². The summed E-state index contributed by atoms with van der Waals surface area (Å²) >= 11 is 0. The van der Waals surface area contributed by atoms with Crippen molar-refractivity contribution in [2.75, 3.05) is 53.0 Å². The predicted octanol–water partition coefficient (Wildman–Crippen LogP) is 3.24. The van der Waals surface area contributed by atoms with Gasteiger partial charge in [-0.1, -0.05) is 12.1 Å². The van der Waals surface area contributed by atoms with Crippen molar-refractivity contribution in [2.45, 2.75) is 38.5 Å². The van der Waals surface area contributed by atoms with Crippen molar-refractivity contribution >= 4 is 5.91 Å². The standard InChI is InChI=1S/C30H36N2O8/c1-2-35-30-22(4-3-13-33)23(21-6-8-25-27(15-21)39-19-37-25)16-28(40-30)29(34)32-11-9-31(10-12-32)17-20-5-7-24-26(14-20)38-18-36-24/h5-8,14-16,22-23,30,33H,2-4,9-13,17-19H2,1H3/t22-,23-,30-/m0/s1. The molecule has 40 heavy (non-hydrogen) atoms. The van der Waals surface area contributed by atoms with E-state index < -0.39 is 6.29 Å². The van der Waals surface area contributed by atoms with Crippen LogP contribution in [0.5, 0.6) is 23.0 Å². The maximum Gasteiger partial charge on any atom is 0.288 e. The molecule has 2 aromatic rings. The van der Waals surface area contributed by atoms with Crippen LogP contribution in [0.4, 0.5) is 0 Å². The van der Waals surface area contributed by atoms with Gasteiger partial charge < -0.3 is 38.4 Å². The van der Waals surface area contributed by atoms with Gasteiger partial charge in [0.25, 0.3) is 5.91 Å². The lowest BCUT2D eigenvalue weighted by Crippen LogP contribution is -2.49. The quantitative estimate of drug-likeness (QED) is 0.503. The maximum absolute atomic E-state index is 13.7. The van der Waals surface area contributed by atoms with Crippen LogP contribution in [0.25, 0.3) is 0 Å². The second-order valence-electron chi connectivity index (χ2n) is 10.4. The second-order valence-corrected chi connectivity index (χ2v) is 10.4. The highest BCUT2D eigenvalue weighted by Gasteiger charge is 2.39. The second kappa shape index (κ2) is 12.0. The van der Waals surface area contributed by atoms with E-state index in [9.17, 15) is 9.90 Å². The number of aliphatic hydroxyl groups excluding tert-OH is 1. The molecule has 0 aromatic heterocycles. The molecule has 1 N–H and O–H groups in total. The minimum Gasteiger partial charge on any atom is -0.459 e. The van der Waals surface area contributed by atoms with Crippen LogP contribution in [-0.2, 0) is 20.8 Å². The van der Waals surface area contributed by atoms with E-state index in [0.29, 0.717) is 49.8 Å². The first-order valence-corrected chi connectivity index (χ1v) is 14.0. The number of benzene rings is 2. The van der Waals surface area contributed by atoms with E-state index >= 15 is 0 Å². The fourth-order valence-corrected chi connectivity index (χ4v) is 5.82. The van der Waals surface area contributed by atoms with Crippen LogP contribution in [-0.4, -0.2) is 80.1 Å². The van der Waals surface area contributed by atoms with E-state index in [1.807, 2.05) is 48.2 Å². The molecule has 4 heterocycles. The molecule has 0 spiro atoms. The van der Waals surface area contributed by atoms with Gasteiger partial charge in [0.05, 0.1) is 0 Å². The molecule has 1 amide bonds. The minimum absolute atomic E-state index is 0.0671. The van der Waals surface area contributed by atoms with Crippen molar-refractivity contribution in [3.63, 3.8) is 0 Å². The number of piperazine rings is 1. The monoisotopic (exact) mass is 552 g/mol. The molecular formula is C30H36N2O8. The zero-order valence-corrected chi connectivity index (χ0v) is 22.8. The lowest BCUT2D eigenvalue weighted by atomic mass is 9.80. The number of rotatable bonds is 9. The number of nitrogens with zero attached hydrogens (tertiary/aromatic N) is 2. The molecule has 214 valence electrons. The van der Waals surface area contributed by atoms with Gasteiger partial charge >= 0.3 is 0 Å². The highest BCUT2D eigenvalue weighted by molar-refractivity contribution is 5.92. The molecule has 0 saturated carbocycles. The summed E-state index contributed by atoms with van der Waals surface area (Å²) in [5.41, 5.74) is 2.15. The van der Waals surface area contributed by atoms with Gasteiger partial charge in [0.2, 0.25) is 19.9 Å². The number of allylic oxidation sites excluding steroid dienone is 1. The molecule has 4 aliphatic rings. The largest absolute Gasteiger partial charge is 0.459 e.